The normalized spacial score (nSPS) is 17.5. The van der Waals surface area contributed by atoms with Gasteiger partial charge in [0.25, 0.3) is 5.91 Å². The number of nitrogens with zero attached hydrogens (tertiary/aromatic N) is 1. The van der Waals surface area contributed by atoms with Crippen LogP contribution in [0.4, 0.5) is 4.39 Å². The van der Waals surface area contributed by atoms with Crippen LogP contribution in [0, 0.1) is 5.82 Å². The van der Waals surface area contributed by atoms with Crippen LogP contribution in [0.25, 0.3) is 6.08 Å². The lowest BCUT2D eigenvalue weighted by atomic mass is 10.1. The topological polar surface area (TPSA) is 38.8 Å². The van der Waals surface area contributed by atoms with Crippen LogP contribution >= 0.6 is 35.6 Å². The van der Waals surface area contributed by atoms with Crippen LogP contribution in [0.3, 0.4) is 0 Å². The number of fused-ring (bicyclic) bond motifs is 1. The molecular formula is C18H11ClFNO3S2. The third kappa shape index (κ3) is 3.30. The maximum absolute atomic E-state index is 13.0. The van der Waals surface area contributed by atoms with Crippen LogP contribution in [0.15, 0.2) is 41.3 Å². The van der Waals surface area contributed by atoms with E-state index in [1.165, 1.54) is 28.8 Å². The SMILES string of the molecule is O=C1/C(=C/c2cc3c(cc2Cl)OCO3)SC(=S)N1Cc1ccc(F)cc1. The van der Waals surface area contributed by atoms with Gasteiger partial charge in [-0.3, -0.25) is 9.69 Å². The molecule has 0 N–H and O–H groups in total. The third-order valence-corrected chi connectivity index (χ3v) is 5.61. The monoisotopic (exact) mass is 407 g/mol. The summed E-state index contributed by atoms with van der Waals surface area (Å²) in [5, 5.41) is 0.457. The van der Waals surface area contributed by atoms with E-state index in [0.717, 1.165) is 5.56 Å². The molecule has 0 radical (unpaired) electrons. The molecule has 0 unspecified atom stereocenters. The Morgan fingerprint density at radius 2 is 1.92 bits per heavy atom. The van der Waals surface area contributed by atoms with E-state index < -0.39 is 0 Å². The van der Waals surface area contributed by atoms with Gasteiger partial charge < -0.3 is 9.47 Å². The first kappa shape index (κ1) is 17.3. The van der Waals surface area contributed by atoms with Crippen molar-refractivity contribution in [2.24, 2.45) is 0 Å². The average molecular weight is 408 g/mol. The highest BCUT2D eigenvalue weighted by Crippen LogP contribution is 2.40. The fourth-order valence-corrected chi connectivity index (χ4v) is 4.05. The first-order chi connectivity index (χ1) is 12.5. The summed E-state index contributed by atoms with van der Waals surface area (Å²) in [5.41, 5.74) is 1.45. The molecule has 1 saturated heterocycles. The Morgan fingerprint density at radius 3 is 2.65 bits per heavy atom. The van der Waals surface area contributed by atoms with Crippen molar-refractivity contribution in [2.45, 2.75) is 6.54 Å². The first-order valence-corrected chi connectivity index (χ1v) is 9.20. The Kier molecular flexibility index (Phi) is 4.60. The summed E-state index contributed by atoms with van der Waals surface area (Å²) in [6.45, 7) is 0.437. The average Bonchev–Trinajstić information content (AvgIpc) is 3.16. The van der Waals surface area contributed by atoms with Crippen molar-refractivity contribution in [2.75, 3.05) is 6.79 Å². The molecule has 2 aromatic rings. The maximum Gasteiger partial charge on any atom is 0.266 e. The Morgan fingerprint density at radius 1 is 1.23 bits per heavy atom. The fraction of sp³-hybridized carbons (Fsp3) is 0.111. The highest BCUT2D eigenvalue weighted by Gasteiger charge is 2.32. The van der Waals surface area contributed by atoms with Crippen molar-refractivity contribution in [3.63, 3.8) is 0 Å². The zero-order valence-corrected chi connectivity index (χ0v) is 15.6. The Labute approximate surface area is 163 Å². The molecule has 0 saturated carbocycles. The van der Waals surface area contributed by atoms with E-state index >= 15 is 0 Å². The molecule has 0 atom stereocenters. The lowest BCUT2D eigenvalue weighted by Crippen LogP contribution is -2.27. The maximum atomic E-state index is 13.0. The zero-order chi connectivity index (χ0) is 18.3. The lowest BCUT2D eigenvalue weighted by molar-refractivity contribution is -0.122. The van der Waals surface area contributed by atoms with Crippen molar-refractivity contribution in [3.05, 3.63) is 63.3 Å². The molecule has 1 amide bonds. The van der Waals surface area contributed by atoms with E-state index in [0.29, 0.717) is 31.3 Å². The van der Waals surface area contributed by atoms with Gasteiger partial charge in [-0.1, -0.05) is 47.7 Å². The largest absolute Gasteiger partial charge is 0.454 e. The number of benzene rings is 2. The van der Waals surface area contributed by atoms with Gasteiger partial charge in [0.1, 0.15) is 10.1 Å². The molecule has 2 aliphatic rings. The number of ether oxygens (including phenoxy) is 2. The summed E-state index contributed by atoms with van der Waals surface area (Å²) in [6, 6.07) is 9.37. The van der Waals surface area contributed by atoms with Gasteiger partial charge >= 0.3 is 0 Å². The number of rotatable bonds is 3. The van der Waals surface area contributed by atoms with Gasteiger partial charge in [-0.2, -0.15) is 0 Å². The van der Waals surface area contributed by atoms with E-state index in [2.05, 4.69) is 0 Å². The summed E-state index contributed by atoms with van der Waals surface area (Å²) in [5.74, 6) is 0.632. The lowest BCUT2D eigenvalue weighted by Gasteiger charge is -2.14. The van der Waals surface area contributed by atoms with Gasteiger partial charge in [0.2, 0.25) is 6.79 Å². The first-order valence-electron chi connectivity index (χ1n) is 7.60. The molecule has 0 spiro atoms. The smallest absolute Gasteiger partial charge is 0.266 e. The summed E-state index contributed by atoms with van der Waals surface area (Å²) >= 11 is 12.8. The third-order valence-electron chi connectivity index (χ3n) is 3.91. The van der Waals surface area contributed by atoms with Crippen molar-refractivity contribution < 1.29 is 18.7 Å². The molecule has 4 rings (SSSR count). The van der Waals surface area contributed by atoms with Crippen LogP contribution in [-0.2, 0) is 11.3 Å². The minimum atomic E-state index is -0.323. The number of thioether (sulfide) groups is 1. The molecule has 0 aliphatic carbocycles. The minimum absolute atomic E-state index is 0.148. The number of carbonyl (C=O) groups excluding carboxylic acids is 1. The Balaban J connectivity index is 1.59. The van der Waals surface area contributed by atoms with Crippen molar-refractivity contribution in [3.8, 4) is 11.5 Å². The number of hydrogen-bond acceptors (Lipinski definition) is 5. The van der Waals surface area contributed by atoms with Gasteiger partial charge in [-0.15, -0.1) is 0 Å². The summed E-state index contributed by atoms with van der Waals surface area (Å²) in [4.78, 5) is 14.7. The predicted molar refractivity (Wildman–Crippen MR) is 103 cm³/mol. The van der Waals surface area contributed by atoms with Gasteiger partial charge in [-0.05, 0) is 35.4 Å². The number of carbonyl (C=O) groups is 1. The number of hydrogen-bond donors (Lipinski definition) is 0. The van der Waals surface area contributed by atoms with Gasteiger partial charge in [0.05, 0.1) is 16.5 Å². The van der Waals surface area contributed by atoms with E-state index in [1.807, 2.05) is 0 Å². The van der Waals surface area contributed by atoms with Crippen LogP contribution < -0.4 is 9.47 Å². The zero-order valence-electron chi connectivity index (χ0n) is 13.2. The molecule has 132 valence electrons. The molecular weight excluding hydrogens is 397 g/mol. The number of amides is 1. The molecule has 2 aromatic carbocycles. The Bertz CT molecular complexity index is 946. The summed E-state index contributed by atoms with van der Waals surface area (Å²) in [7, 11) is 0. The number of thiocarbonyl (C=S) groups is 1. The van der Waals surface area contributed by atoms with Gasteiger partial charge in [-0.25, -0.2) is 4.39 Å². The molecule has 26 heavy (non-hydrogen) atoms. The summed E-state index contributed by atoms with van der Waals surface area (Å²) < 4.78 is 24.1. The Hall–Kier alpha value is -2.09. The molecule has 0 aromatic heterocycles. The van der Waals surface area contributed by atoms with Crippen molar-refractivity contribution >= 4 is 51.9 Å². The van der Waals surface area contributed by atoms with Gasteiger partial charge in [0, 0.05) is 6.07 Å². The van der Waals surface area contributed by atoms with E-state index in [9.17, 15) is 9.18 Å². The molecule has 4 nitrogen and oxygen atoms in total. The molecule has 2 heterocycles. The van der Waals surface area contributed by atoms with Crippen LogP contribution in [-0.4, -0.2) is 21.9 Å². The van der Waals surface area contributed by atoms with Gasteiger partial charge in [0.15, 0.2) is 11.5 Å². The highest BCUT2D eigenvalue weighted by molar-refractivity contribution is 8.26. The van der Waals surface area contributed by atoms with E-state index in [1.54, 1.807) is 30.3 Å². The molecule has 0 bridgehead atoms. The molecule has 2 aliphatic heterocycles. The predicted octanol–water partition coefficient (Wildman–Crippen LogP) is 4.61. The standard InChI is InChI=1S/C18H11ClFNO3S2/c19-13-7-15-14(23-9-24-15)5-11(13)6-16-17(22)21(18(25)26-16)8-10-1-3-12(20)4-2-10/h1-7H,8-9H2/b16-6-. The van der Waals surface area contributed by atoms with E-state index in [-0.39, 0.29) is 25.1 Å². The second-order valence-corrected chi connectivity index (χ2v) is 7.70. The highest BCUT2D eigenvalue weighted by atomic mass is 35.5. The fourth-order valence-electron chi connectivity index (χ4n) is 2.59. The second kappa shape index (κ2) is 6.90. The molecule has 1 fully saturated rings. The van der Waals surface area contributed by atoms with Crippen molar-refractivity contribution in [1.82, 2.24) is 4.90 Å². The quantitative estimate of drug-likeness (QED) is 0.548. The molecule has 8 heteroatoms. The van der Waals surface area contributed by atoms with Crippen LogP contribution in [0.2, 0.25) is 5.02 Å². The van der Waals surface area contributed by atoms with Crippen molar-refractivity contribution in [1.29, 1.82) is 0 Å². The van der Waals surface area contributed by atoms with Crippen LogP contribution in [0.1, 0.15) is 11.1 Å². The second-order valence-electron chi connectivity index (χ2n) is 5.62. The number of halogens is 2. The van der Waals surface area contributed by atoms with Crippen LogP contribution in [0.5, 0.6) is 11.5 Å². The minimum Gasteiger partial charge on any atom is -0.454 e. The summed E-state index contributed by atoms with van der Waals surface area (Å²) in [6.07, 6.45) is 1.69. The van der Waals surface area contributed by atoms with E-state index in [4.69, 9.17) is 33.3 Å².